The van der Waals surface area contributed by atoms with Crippen LogP contribution in [0.25, 0.3) is 11.0 Å². The summed E-state index contributed by atoms with van der Waals surface area (Å²) >= 11 is 0. The quantitative estimate of drug-likeness (QED) is 0.460. The molecule has 154 valence electrons. The van der Waals surface area contributed by atoms with Gasteiger partial charge in [-0.2, -0.15) is 0 Å². The van der Waals surface area contributed by atoms with E-state index in [1.165, 1.54) is 11.8 Å². The van der Waals surface area contributed by atoms with Crippen molar-refractivity contribution in [2.45, 2.75) is 32.9 Å². The zero-order chi connectivity index (χ0) is 20.9. The van der Waals surface area contributed by atoms with Crippen molar-refractivity contribution >= 4 is 16.9 Å². The lowest BCUT2D eigenvalue weighted by molar-refractivity contribution is 0.0909. The van der Waals surface area contributed by atoms with E-state index in [0.29, 0.717) is 13.2 Å². The molecule has 1 N–H and O–H groups in total. The van der Waals surface area contributed by atoms with Crippen molar-refractivity contribution in [2.24, 2.45) is 0 Å². The van der Waals surface area contributed by atoms with Gasteiger partial charge in [0.1, 0.15) is 18.2 Å². The van der Waals surface area contributed by atoms with Gasteiger partial charge in [0.2, 0.25) is 0 Å². The second-order valence-electron chi connectivity index (χ2n) is 7.13. The molecule has 2 heterocycles. The fraction of sp³-hybridized carbons (Fsp3) is 0.250. The minimum atomic E-state index is -0.293. The Labute approximate surface area is 175 Å². The van der Waals surface area contributed by atoms with Crippen LogP contribution in [-0.2, 0) is 13.0 Å². The molecule has 30 heavy (non-hydrogen) atoms. The summed E-state index contributed by atoms with van der Waals surface area (Å²) in [5.74, 6) is 1.64. The standard InChI is InChI=1S/C24H25N3O3/c1-3-18-10-12-19(13-11-18)29-16-14-27-21-8-5-4-7-20(21)26-23(27)17(2)25-24(28)22-9-6-15-30-22/h4-13,15,17H,3,14,16H2,1-2H3,(H,25,28)/t17-/m0/s1. The van der Waals surface area contributed by atoms with E-state index in [9.17, 15) is 4.79 Å². The van der Waals surface area contributed by atoms with Crippen LogP contribution in [0.5, 0.6) is 5.75 Å². The molecule has 0 unspecified atom stereocenters. The first-order chi connectivity index (χ1) is 14.7. The molecule has 0 spiro atoms. The van der Waals surface area contributed by atoms with Gasteiger partial charge in [-0.1, -0.05) is 31.2 Å². The number of furan rings is 1. The van der Waals surface area contributed by atoms with Crippen LogP contribution in [0, 0.1) is 0 Å². The summed E-state index contributed by atoms with van der Waals surface area (Å²) in [5, 5.41) is 2.96. The molecule has 0 aliphatic rings. The van der Waals surface area contributed by atoms with Gasteiger partial charge in [0.25, 0.3) is 5.91 Å². The van der Waals surface area contributed by atoms with Crippen molar-refractivity contribution in [3.05, 3.63) is 84.1 Å². The molecule has 0 aliphatic carbocycles. The first kappa shape index (κ1) is 19.8. The van der Waals surface area contributed by atoms with Gasteiger partial charge < -0.3 is 19.0 Å². The van der Waals surface area contributed by atoms with E-state index < -0.39 is 0 Å². The number of fused-ring (bicyclic) bond motifs is 1. The molecule has 0 radical (unpaired) electrons. The van der Waals surface area contributed by atoms with E-state index in [-0.39, 0.29) is 17.7 Å². The van der Waals surface area contributed by atoms with Crippen LogP contribution in [0.3, 0.4) is 0 Å². The van der Waals surface area contributed by atoms with Gasteiger partial charge >= 0.3 is 0 Å². The lowest BCUT2D eigenvalue weighted by atomic mass is 10.2. The number of benzene rings is 2. The summed E-state index contributed by atoms with van der Waals surface area (Å²) in [6.07, 6.45) is 2.49. The molecule has 4 rings (SSSR count). The Bertz CT molecular complexity index is 1110. The molecule has 2 aromatic heterocycles. The van der Waals surface area contributed by atoms with E-state index in [2.05, 4.69) is 28.9 Å². The van der Waals surface area contributed by atoms with E-state index >= 15 is 0 Å². The maximum atomic E-state index is 12.4. The average molecular weight is 403 g/mol. The Morgan fingerprint density at radius 3 is 2.67 bits per heavy atom. The van der Waals surface area contributed by atoms with Gasteiger partial charge in [0, 0.05) is 0 Å². The molecule has 0 saturated heterocycles. The summed E-state index contributed by atoms with van der Waals surface area (Å²) in [5.41, 5.74) is 3.18. The van der Waals surface area contributed by atoms with Crippen LogP contribution in [-0.4, -0.2) is 22.1 Å². The van der Waals surface area contributed by atoms with Gasteiger partial charge in [-0.05, 0) is 55.3 Å². The average Bonchev–Trinajstić information content (AvgIpc) is 3.43. The number of aromatic nitrogens is 2. The third-order valence-corrected chi connectivity index (χ3v) is 5.08. The van der Waals surface area contributed by atoms with Gasteiger partial charge in [-0.25, -0.2) is 4.98 Å². The largest absolute Gasteiger partial charge is 0.492 e. The number of rotatable bonds is 8. The molecule has 0 bridgehead atoms. The number of aryl methyl sites for hydroxylation is 1. The third-order valence-electron chi connectivity index (χ3n) is 5.08. The minimum absolute atomic E-state index is 0.265. The van der Waals surface area contributed by atoms with E-state index in [1.807, 2.05) is 43.3 Å². The molecule has 0 saturated carbocycles. The van der Waals surface area contributed by atoms with E-state index in [0.717, 1.165) is 29.0 Å². The van der Waals surface area contributed by atoms with Crippen molar-refractivity contribution in [1.82, 2.24) is 14.9 Å². The number of nitrogens with one attached hydrogen (secondary N) is 1. The molecular weight excluding hydrogens is 378 g/mol. The summed E-state index contributed by atoms with van der Waals surface area (Å²) in [7, 11) is 0. The topological polar surface area (TPSA) is 69.3 Å². The van der Waals surface area contributed by atoms with Crippen LogP contribution in [0.4, 0.5) is 0 Å². The Hall–Kier alpha value is -3.54. The fourth-order valence-corrected chi connectivity index (χ4v) is 3.48. The Balaban J connectivity index is 1.51. The Morgan fingerprint density at radius 1 is 1.13 bits per heavy atom. The van der Waals surface area contributed by atoms with Crippen LogP contribution in [0.2, 0.25) is 0 Å². The number of ether oxygens (including phenoxy) is 1. The molecule has 1 amide bonds. The van der Waals surface area contributed by atoms with Crippen molar-refractivity contribution in [2.75, 3.05) is 6.61 Å². The normalized spacial score (nSPS) is 12.1. The number of hydrogen-bond acceptors (Lipinski definition) is 4. The third kappa shape index (κ3) is 4.22. The van der Waals surface area contributed by atoms with Crippen LogP contribution >= 0.6 is 0 Å². The number of hydrogen-bond donors (Lipinski definition) is 1. The number of para-hydroxylation sites is 2. The molecular formula is C24H25N3O3. The van der Waals surface area contributed by atoms with Crippen molar-refractivity contribution < 1.29 is 13.9 Å². The first-order valence-electron chi connectivity index (χ1n) is 10.2. The highest BCUT2D eigenvalue weighted by molar-refractivity contribution is 5.91. The molecule has 2 aromatic carbocycles. The maximum Gasteiger partial charge on any atom is 0.287 e. The summed E-state index contributed by atoms with van der Waals surface area (Å²) in [6, 6.07) is 19.2. The molecule has 0 aliphatic heterocycles. The summed E-state index contributed by atoms with van der Waals surface area (Å²) in [6.45, 7) is 5.17. The molecule has 4 aromatic rings. The van der Waals surface area contributed by atoms with Crippen molar-refractivity contribution in [3.8, 4) is 5.75 Å². The maximum absolute atomic E-state index is 12.4. The Kier molecular flexibility index (Phi) is 5.84. The molecule has 1 atom stereocenters. The van der Waals surface area contributed by atoms with Crippen molar-refractivity contribution in [3.63, 3.8) is 0 Å². The number of nitrogens with zero attached hydrogens (tertiary/aromatic N) is 2. The lowest BCUT2D eigenvalue weighted by Gasteiger charge is -2.16. The van der Waals surface area contributed by atoms with Crippen LogP contribution in [0.1, 0.15) is 41.8 Å². The molecule has 0 fully saturated rings. The second kappa shape index (κ2) is 8.86. The molecule has 6 nitrogen and oxygen atoms in total. The SMILES string of the molecule is CCc1ccc(OCCn2c([C@H](C)NC(=O)c3ccco3)nc3ccccc32)cc1. The fourth-order valence-electron chi connectivity index (χ4n) is 3.48. The molecule has 6 heteroatoms. The number of imidazole rings is 1. The number of carbonyl (C=O) groups excluding carboxylic acids is 1. The lowest BCUT2D eigenvalue weighted by Crippen LogP contribution is -2.28. The van der Waals surface area contributed by atoms with Crippen molar-refractivity contribution in [1.29, 1.82) is 0 Å². The number of amides is 1. The highest BCUT2D eigenvalue weighted by atomic mass is 16.5. The number of carbonyl (C=O) groups is 1. The highest BCUT2D eigenvalue weighted by Gasteiger charge is 2.20. The first-order valence-corrected chi connectivity index (χ1v) is 10.2. The van der Waals surface area contributed by atoms with Gasteiger partial charge in [0.05, 0.1) is 29.9 Å². The van der Waals surface area contributed by atoms with Crippen LogP contribution in [0.15, 0.2) is 71.3 Å². The Morgan fingerprint density at radius 2 is 1.93 bits per heavy atom. The monoisotopic (exact) mass is 403 g/mol. The highest BCUT2D eigenvalue weighted by Crippen LogP contribution is 2.22. The summed E-state index contributed by atoms with van der Waals surface area (Å²) in [4.78, 5) is 17.2. The van der Waals surface area contributed by atoms with Gasteiger partial charge in [0.15, 0.2) is 5.76 Å². The van der Waals surface area contributed by atoms with Gasteiger partial charge in [-0.3, -0.25) is 4.79 Å². The van der Waals surface area contributed by atoms with Crippen LogP contribution < -0.4 is 10.1 Å². The van der Waals surface area contributed by atoms with E-state index in [1.54, 1.807) is 12.1 Å². The minimum Gasteiger partial charge on any atom is -0.492 e. The summed E-state index contributed by atoms with van der Waals surface area (Å²) < 4.78 is 13.2. The zero-order valence-electron chi connectivity index (χ0n) is 17.2. The predicted octanol–water partition coefficient (Wildman–Crippen LogP) is 4.76. The second-order valence-corrected chi connectivity index (χ2v) is 7.13. The smallest absolute Gasteiger partial charge is 0.287 e. The van der Waals surface area contributed by atoms with Gasteiger partial charge in [-0.15, -0.1) is 0 Å². The predicted molar refractivity (Wildman–Crippen MR) is 116 cm³/mol. The zero-order valence-corrected chi connectivity index (χ0v) is 17.2. The van der Waals surface area contributed by atoms with E-state index in [4.69, 9.17) is 14.1 Å².